The minimum Gasteiger partial charge on any atom is -0.299 e. The summed E-state index contributed by atoms with van der Waals surface area (Å²) in [6.45, 7) is 1.65. The Bertz CT molecular complexity index is 330. The van der Waals surface area contributed by atoms with Crippen molar-refractivity contribution in [3.8, 4) is 0 Å². The lowest BCUT2D eigenvalue weighted by atomic mass is 9.99. The van der Waals surface area contributed by atoms with E-state index >= 15 is 0 Å². The van der Waals surface area contributed by atoms with Gasteiger partial charge in [-0.2, -0.15) is 0 Å². The van der Waals surface area contributed by atoms with E-state index in [1.54, 1.807) is 18.3 Å². The molecule has 12 heavy (non-hydrogen) atoms. The van der Waals surface area contributed by atoms with E-state index < -0.39 is 0 Å². The van der Waals surface area contributed by atoms with Crippen LogP contribution in [0.5, 0.6) is 0 Å². The molecule has 0 N–H and O–H groups in total. The summed E-state index contributed by atoms with van der Waals surface area (Å²) in [7, 11) is 0. The van der Waals surface area contributed by atoms with Crippen molar-refractivity contribution >= 4 is 33.0 Å². The monoisotopic (exact) mass is 245 g/mol. The molecule has 2 nitrogen and oxygen atoms in total. The molecule has 1 aromatic heterocycles. The number of aromatic nitrogens is 1. The van der Waals surface area contributed by atoms with E-state index in [0.717, 1.165) is 22.5 Å². The highest BCUT2D eigenvalue weighted by Gasteiger charge is 2.50. The number of rotatable bonds is 2. The molecule has 1 aliphatic rings. The molecule has 0 saturated heterocycles. The highest BCUT2D eigenvalue weighted by molar-refractivity contribution is 9.11. The number of carbonyl (C=O) groups excluding carboxylic acids is 1. The predicted molar refractivity (Wildman–Crippen MR) is 51.4 cm³/mol. The van der Waals surface area contributed by atoms with Gasteiger partial charge in [0.05, 0.1) is 11.1 Å². The van der Waals surface area contributed by atoms with Gasteiger partial charge in [0, 0.05) is 5.38 Å². The Morgan fingerprint density at radius 1 is 1.75 bits per heavy atom. The molecule has 0 atom stereocenters. The van der Waals surface area contributed by atoms with Gasteiger partial charge in [-0.05, 0) is 35.7 Å². The maximum Gasteiger partial charge on any atom is 0.159 e. The lowest BCUT2D eigenvalue weighted by Gasteiger charge is -2.05. The Morgan fingerprint density at radius 3 is 2.75 bits per heavy atom. The molecule has 1 aromatic rings. The Hall–Kier alpha value is -0.220. The molecule has 2 rings (SSSR count). The first-order chi connectivity index (χ1) is 5.65. The van der Waals surface area contributed by atoms with Crippen molar-refractivity contribution in [2.24, 2.45) is 0 Å². The van der Waals surface area contributed by atoms with Crippen LogP contribution < -0.4 is 0 Å². The molecule has 0 unspecified atom stereocenters. The van der Waals surface area contributed by atoms with Gasteiger partial charge in [0.25, 0.3) is 0 Å². The topological polar surface area (TPSA) is 30.0 Å². The van der Waals surface area contributed by atoms with Crippen LogP contribution in [-0.2, 0) is 10.2 Å². The lowest BCUT2D eigenvalue weighted by Crippen LogP contribution is -2.17. The van der Waals surface area contributed by atoms with Gasteiger partial charge in [-0.15, -0.1) is 11.3 Å². The maximum absolute atomic E-state index is 11.3. The molecular formula is C8H8BrNOS. The highest BCUT2D eigenvalue weighted by atomic mass is 79.9. The van der Waals surface area contributed by atoms with E-state index in [9.17, 15) is 4.79 Å². The fraction of sp³-hybridized carbons (Fsp3) is 0.500. The van der Waals surface area contributed by atoms with Crippen LogP contribution in [0.3, 0.4) is 0 Å². The van der Waals surface area contributed by atoms with Crippen LogP contribution in [0.2, 0.25) is 0 Å². The second-order valence-electron chi connectivity index (χ2n) is 3.12. The smallest absolute Gasteiger partial charge is 0.159 e. The number of thiazole rings is 1. The van der Waals surface area contributed by atoms with Crippen LogP contribution in [-0.4, -0.2) is 10.8 Å². The molecule has 0 bridgehead atoms. The fourth-order valence-corrected chi connectivity index (χ4v) is 2.49. The van der Waals surface area contributed by atoms with Crippen molar-refractivity contribution in [3.05, 3.63) is 15.0 Å². The molecule has 1 heterocycles. The SMILES string of the molecule is CC(=O)C1(c2csc(Br)n2)CC1. The Labute approximate surface area is 83.1 Å². The molecule has 0 aromatic carbocycles. The van der Waals surface area contributed by atoms with Crippen LogP contribution >= 0.6 is 27.3 Å². The first kappa shape index (κ1) is 8.38. The third kappa shape index (κ3) is 1.13. The van der Waals surface area contributed by atoms with Gasteiger partial charge in [0.2, 0.25) is 0 Å². The average Bonchev–Trinajstić information content (AvgIpc) is 2.71. The minimum atomic E-state index is -0.206. The molecule has 0 aliphatic heterocycles. The molecule has 64 valence electrons. The van der Waals surface area contributed by atoms with Gasteiger partial charge in [-0.1, -0.05) is 0 Å². The van der Waals surface area contributed by atoms with Crippen LogP contribution in [0.1, 0.15) is 25.5 Å². The van der Waals surface area contributed by atoms with E-state index in [0.29, 0.717) is 0 Å². The molecule has 1 saturated carbocycles. The molecule has 4 heteroatoms. The van der Waals surface area contributed by atoms with Crippen molar-refractivity contribution in [1.82, 2.24) is 4.98 Å². The van der Waals surface area contributed by atoms with E-state index in [4.69, 9.17) is 0 Å². The first-order valence-electron chi connectivity index (χ1n) is 3.78. The zero-order valence-corrected chi connectivity index (χ0v) is 9.04. The molecule has 0 radical (unpaired) electrons. The van der Waals surface area contributed by atoms with Gasteiger partial charge in [-0.3, -0.25) is 4.79 Å². The zero-order chi connectivity index (χ0) is 8.77. The van der Waals surface area contributed by atoms with Crippen LogP contribution in [0.15, 0.2) is 9.30 Å². The summed E-state index contributed by atoms with van der Waals surface area (Å²) in [5.41, 5.74) is 0.745. The Balaban J connectivity index is 2.36. The van der Waals surface area contributed by atoms with Crippen molar-refractivity contribution in [1.29, 1.82) is 0 Å². The molecule has 1 aliphatic carbocycles. The number of nitrogens with zero attached hydrogens (tertiary/aromatic N) is 1. The number of ketones is 1. The van der Waals surface area contributed by atoms with Gasteiger partial charge in [0.15, 0.2) is 3.92 Å². The molecule has 0 amide bonds. The first-order valence-corrected chi connectivity index (χ1v) is 5.45. The van der Waals surface area contributed by atoms with E-state index in [1.807, 2.05) is 5.38 Å². The quantitative estimate of drug-likeness (QED) is 0.802. The van der Waals surface area contributed by atoms with Gasteiger partial charge in [-0.25, -0.2) is 4.98 Å². The van der Waals surface area contributed by atoms with E-state index in [1.165, 1.54) is 0 Å². The summed E-state index contributed by atoms with van der Waals surface area (Å²) < 4.78 is 0.866. The van der Waals surface area contributed by atoms with E-state index in [2.05, 4.69) is 20.9 Å². The van der Waals surface area contributed by atoms with Crippen molar-refractivity contribution in [3.63, 3.8) is 0 Å². The van der Waals surface area contributed by atoms with Crippen LogP contribution in [0, 0.1) is 0 Å². The zero-order valence-electron chi connectivity index (χ0n) is 6.63. The van der Waals surface area contributed by atoms with Crippen LogP contribution in [0.25, 0.3) is 0 Å². The number of carbonyl (C=O) groups is 1. The summed E-state index contributed by atoms with van der Waals surface area (Å²) in [4.78, 5) is 15.6. The minimum absolute atomic E-state index is 0.206. The molecular weight excluding hydrogens is 238 g/mol. The largest absolute Gasteiger partial charge is 0.299 e. The van der Waals surface area contributed by atoms with Crippen molar-refractivity contribution in [2.45, 2.75) is 25.2 Å². The lowest BCUT2D eigenvalue weighted by molar-refractivity contribution is -0.119. The summed E-state index contributed by atoms with van der Waals surface area (Å²) in [5.74, 6) is 0.250. The van der Waals surface area contributed by atoms with Crippen molar-refractivity contribution in [2.75, 3.05) is 0 Å². The number of hydrogen-bond donors (Lipinski definition) is 0. The van der Waals surface area contributed by atoms with Gasteiger partial charge < -0.3 is 0 Å². The predicted octanol–water partition coefficient (Wildman–Crippen LogP) is 2.53. The number of hydrogen-bond acceptors (Lipinski definition) is 3. The van der Waals surface area contributed by atoms with Gasteiger partial charge >= 0.3 is 0 Å². The third-order valence-corrected chi connectivity index (χ3v) is 3.76. The van der Waals surface area contributed by atoms with Crippen LogP contribution in [0.4, 0.5) is 0 Å². The summed E-state index contributed by atoms with van der Waals surface area (Å²) in [6, 6.07) is 0. The second-order valence-corrected chi connectivity index (χ2v) is 5.26. The van der Waals surface area contributed by atoms with Crippen molar-refractivity contribution < 1.29 is 4.79 Å². The number of halogens is 1. The second kappa shape index (κ2) is 2.64. The molecule has 1 fully saturated rings. The van der Waals surface area contributed by atoms with E-state index in [-0.39, 0.29) is 11.2 Å². The molecule has 0 spiro atoms. The fourth-order valence-electron chi connectivity index (χ4n) is 1.39. The Morgan fingerprint density at radius 2 is 2.42 bits per heavy atom. The summed E-state index contributed by atoms with van der Waals surface area (Å²) in [6.07, 6.45) is 1.94. The number of Topliss-reactive ketones (excluding diaryl/α,β-unsaturated/α-hetero) is 1. The highest BCUT2D eigenvalue weighted by Crippen LogP contribution is 2.49. The normalized spacial score (nSPS) is 19.2. The third-order valence-electron chi connectivity index (χ3n) is 2.39. The average molecular weight is 246 g/mol. The summed E-state index contributed by atoms with van der Waals surface area (Å²) in [5, 5.41) is 1.97. The maximum atomic E-state index is 11.3. The van der Waals surface area contributed by atoms with Gasteiger partial charge in [0.1, 0.15) is 5.78 Å². The Kier molecular flexibility index (Phi) is 1.84. The summed E-state index contributed by atoms with van der Waals surface area (Å²) >= 11 is 4.84. The standard InChI is InChI=1S/C8H8BrNOS/c1-5(11)8(2-3-8)6-4-12-7(9)10-6/h4H,2-3H2,1H3.